The van der Waals surface area contributed by atoms with Crippen molar-refractivity contribution in [3.05, 3.63) is 41.2 Å². The lowest BCUT2D eigenvalue weighted by Crippen LogP contribution is -2.53. The minimum Gasteiger partial charge on any atom is -0.404 e. The third-order valence-corrected chi connectivity index (χ3v) is 6.78. The predicted octanol–water partition coefficient (Wildman–Crippen LogP) is 1.83. The number of ether oxygens (including phenoxy) is 1. The van der Waals surface area contributed by atoms with Gasteiger partial charge in [0.1, 0.15) is 0 Å². The zero-order valence-electron chi connectivity index (χ0n) is 20.8. The van der Waals surface area contributed by atoms with Gasteiger partial charge in [0, 0.05) is 44.1 Å². The van der Waals surface area contributed by atoms with Crippen LogP contribution in [-0.2, 0) is 19.9 Å². The van der Waals surface area contributed by atoms with Crippen LogP contribution in [0.15, 0.2) is 24.4 Å². The molecule has 1 aliphatic carbocycles. The molecule has 5 rings (SSSR count). The van der Waals surface area contributed by atoms with Gasteiger partial charge in [-0.05, 0) is 43.7 Å². The standard InChI is InChI=1S/C24H27F3N8O3/c1-33-7-8-35(15(11-33)12-36)14-4-6-18(38-24(25,26)27)17(9-14)30-23-29-10-13-3-5-16-20(22(28)37)32-34(2)21(16)19(13)31-23/h4,6,9-10,15,36H,3,5,7-8,11-12H2,1-2H3,(H2,28,37)(H,29,30,31)/t15-/m1/s1. The van der Waals surface area contributed by atoms with E-state index in [0.717, 1.165) is 12.1 Å². The van der Waals surface area contributed by atoms with E-state index in [1.807, 2.05) is 11.9 Å². The number of aromatic nitrogens is 4. The molecule has 0 unspecified atom stereocenters. The first-order valence-electron chi connectivity index (χ1n) is 12.0. The molecule has 14 heteroatoms. The van der Waals surface area contributed by atoms with Crippen LogP contribution in [0, 0.1) is 0 Å². The predicted molar refractivity (Wildman–Crippen MR) is 132 cm³/mol. The number of aryl methyl sites for hydroxylation is 2. The molecule has 0 saturated carbocycles. The molecule has 0 radical (unpaired) electrons. The van der Waals surface area contributed by atoms with E-state index in [1.165, 1.54) is 22.9 Å². The summed E-state index contributed by atoms with van der Waals surface area (Å²) in [5, 5.41) is 17.0. The number of carbonyl (C=O) groups is 1. The second kappa shape index (κ2) is 9.76. The third kappa shape index (κ3) is 4.96. The molecule has 1 aliphatic heterocycles. The molecule has 1 aromatic carbocycles. The molecule has 38 heavy (non-hydrogen) atoms. The van der Waals surface area contributed by atoms with Crippen LogP contribution in [0.1, 0.15) is 21.6 Å². The molecule has 2 aromatic heterocycles. The Hall–Kier alpha value is -3.91. The first-order chi connectivity index (χ1) is 18.0. The van der Waals surface area contributed by atoms with E-state index in [0.29, 0.717) is 48.6 Å². The van der Waals surface area contributed by atoms with Crippen LogP contribution in [0.3, 0.4) is 0 Å². The number of piperazine rings is 1. The molecule has 1 amide bonds. The molecular weight excluding hydrogens is 505 g/mol. The number of hydrogen-bond acceptors (Lipinski definition) is 9. The van der Waals surface area contributed by atoms with Crippen LogP contribution < -0.4 is 20.7 Å². The summed E-state index contributed by atoms with van der Waals surface area (Å²) in [6, 6.07) is 4.06. The summed E-state index contributed by atoms with van der Waals surface area (Å²) in [6.07, 6.45) is -2.22. The van der Waals surface area contributed by atoms with Crippen molar-refractivity contribution in [3.8, 4) is 17.1 Å². The Morgan fingerprint density at radius 1 is 1.26 bits per heavy atom. The molecule has 0 bridgehead atoms. The minimum atomic E-state index is -4.91. The summed E-state index contributed by atoms with van der Waals surface area (Å²) >= 11 is 0. The molecule has 3 aromatic rings. The molecule has 3 heterocycles. The second-order valence-corrected chi connectivity index (χ2v) is 9.38. The summed E-state index contributed by atoms with van der Waals surface area (Å²) in [5.41, 5.74) is 8.88. The fraction of sp³-hybridized carbons (Fsp3) is 0.417. The van der Waals surface area contributed by atoms with Gasteiger partial charge in [-0.25, -0.2) is 9.97 Å². The number of likely N-dealkylation sites (N-methyl/N-ethyl adjacent to an activating group) is 1. The second-order valence-electron chi connectivity index (χ2n) is 9.38. The molecule has 4 N–H and O–H groups in total. The normalized spacial score (nSPS) is 17.6. The molecule has 1 fully saturated rings. The van der Waals surface area contributed by atoms with E-state index in [9.17, 15) is 23.1 Å². The fourth-order valence-corrected chi connectivity index (χ4v) is 5.05. The number of carbonyl (C=O) groups excluding carboxylic acids is 1. The van der Waals surface area contributed by atoms with Gasteiger partial charge in [0.15, 0.2) is 11.4 Å². The summed E-state index contributed by atoms with van der Waals surface area (Å²) in [5.74, 6) is -1.05. The van der Waals surface area contributed by atoms with Gasteiger partial charge in [-0.1, -0.05) is 0 Å². The molecular formula is C24H27F3N8O3. The van der Waals surface area contributed by atoms with Gasteiger partial charge >= 0.3 is 6.36 Å². The molecule has 202 valence electrons. The van der Waals surface area contributed by atoms with Gasteiger partial charge in [-0.3, -0.25) is 9.48 Å². The number of nitrogens with two attached hydrogens (primary N) is 1. The summed E-state index contributed by atoms with van der Waals surface area (Å²) in [7, 11) is 3.61. The van der Waals surface area contributed by atoms with Crippen molar-refractivity contribution in [1.82, 2.24) is 24.6 Å². The number of halogens is 3. The highest BCUT2D eigenvalue weighted by molar-refractivity contribution is 5.94. The number of anilines is 3. The Morgan fingerprint density at radius 2 is 2.05 bits per heavy atom. The summed E-state index contributed by atoms with van der Waals surface area (Å²) in [4.78, 5) is 24.8. The Labute approximate surface area is 216 Å². The number of alkyl halides is 3. The van der Waals surface area contributed by atoms with Crippen molar-refractivity contribution in [1.29, 1.82) is 0 Å². The highest BCUT2D eigenvalue weighted by Crippen LogP contribution is 2.38. The quantitative estimate of drug-likeness (QED) is 0.435. The Morgan fingerprint density at radius 3 is 2.76 bits per heavy atom. The summed E-state index contributed by atoms with van der Waals surface area (Å²) < 4.78 is 45.4. The van der Waals surface area contributed by atoms with Gasteiger partial charge < -0.3 is 30.7 Å². The topological polar surface area (TPSA) is 135 Å². The molecule has 0 spiro atoms. The number of benzene rings is 1. The molecule has 11 nitrogen and oxygen atoms in total. The maximum Gasteiger partial charge on any atom is 0.573 e. The number of nitrogens with zero attached hydrogens (tertiary/aromatic N) is 6. The van der Waals surface area contributed by atoms with E-state index in [2.05, 4.69) is 30.0 Å². The fourth-order valence-electron chi connectivity index (χ4n) is 5.05. The van der Waals surface area contributed by atoms with Crippen LogP contribution >= 0.6 is 0 Å². The van der Waals surface area contributed by atoms with Crippen LogP contribution in [-0.4, -0.2) is 81.4 Å². The van der Waals surface area contributed by atoms with Crippen LogP contribution in [0.25, 0.3) is 11.4 Å². The van der Waals surface area contributed by atoms with Crippen LogP contribution in [0.4, 0.5) is 30.5 Å². The first-order valence-corrected chi connectivity index (χ1v) is 12.0. The number of amides is 1. The molecule has 1 saturated heterocycles. The lowest BCUT2D eigenvalue weighted by molar-refractivity contribution is -0.274. The highest BCUT2D eigenvalue weighted by atomic mass is 19.4. The van der Waals surface area contributed by atoms with Crippen molar-refractivity contribution in [2.24, 2.45) is 12.8 Å². The van der Waals surface area contributed by atoms with Crippen molar-refractivity contribution >= 4 is 23.2 Å². The van der Waals surface area contributed by atoms with Gasteiger partial charge in [0.05, 0.1) is 29.7 Å². The SMILES string of the molecule is CN1CCN(c2ccc(OC(F)(F)F)c(Nc3ncc4c(n3)-c3c(c(C(N)=O)nn3C)CC4)c2)[C@@H](CO)C1. The van der Waals surface area contributed by atoms with E-state index >= 15 is 0 Å². The number of primary amides is 1. The van der Waals surface area contributed by atoms with Gasteiger partial charge in [0.2, 0.25) is 5.95 Å². The van der Waals surface area contributed by atoms with E-state index in [1.54, 1.807) is 13.2 Å². The number of aliphatic hydroxyl groups excluding tert-OH is 1. The van der Waals surface area contributed by atoms with Crippen LogP contribution in [0.5, 0.6) is 5.75 Å². The maximum absolute atomic E-state index is 13.2. The van der Waals surface area contributed by atoms with E-state index in [4.69, 9.17) is 5.73 Å². The lowest BCUT2D eigenvalue weighted by atomic mass is 9.93. The highest BCUT2D eigenvalue weighted by Gasteiger charge is 2.33. The maximum atomic E-state index is 13.2. The number of nitrogens with one attached hydrogen (secondary N) is 1. The smallest absolute Gasteiger partial charge is 0.404 e. The first kappa shape index (κ1) is 25.7. The molecule has 1 atom stereocenters. The third-order valence-electron chi connectivity index (χ3n) is 6.78. The van der Waals surface area contributed by atoms with Crippen molar-refractivity contribution in [2.45, 2.75) is 25.2 Å². The van der Waals surface area contributed by atoms with Gasteiger partial charge in [-0.15, -0.1) is 13.2 Å². The largest absolute Gasteiger partial charge is 0.573 e. The Kier molecular flexibility index (Phi) is 6.61. The average molecular weight is 533 g/mol. The van der Waals surface area contributed by atoms with Gasteiger partial charge in [0.25, 0.3) is 5.91 Å². The van der Waals surface area contributed by atoms with Crippen molar-refractivity contribution in [2.75, 3.05) is 43.5 Å². The molecule has 2 aliphatic rings. The minimum absolute atomic E-state index is 0.00857. The number of rotatable bonds is 6. The average Bonchev–Trinajstić information content (AvgIpc) is 3.21. The summed E-state index contributed by atoms with van der Waals surface area (Å²) in [6.45, 7) is 1.81. The zero-order chi connectivity index (χ0) is 27.2. The number of aliphatic hydroxyl groups is 1. The number of hydrogen-bond donors (Lipinski definition) is 3. The van der Waals surface area contributed by atoms with Crippen molar-refractivity contribution in [3.63, 3.8) is 0 Å². The lowest BCUT2D eigenvalue weighted by Gasteiger charge is -2.40. The van der Waals surface area contributed by atoms with E-state index in [-0.39, 0.29) is 30.0 Å². The van der Waals surface area contributed by atoms with Crippen LogP contribution in [0.2, 0.25) is 0 Å². The van der Waals surface area contributed by atoms with E-state index < -0.39 is 18.0 Å². The monoisotopic (exact) mass is 532 g/mol. The Balaban J connectivity index is 1.53. The number of fused-ring (bicyclic) bond motifs is 3. The van der Waals surface area contributed by atoms with Crippen molar-refractivity contribution < 1.29 is 27.8 Å². The van der Waals surface area contributed by atoms with Gasteiger partial charge in [-0.2, -0.15) is 5.10 Å². The zero-order valence-corrected chi connectivity index (χ0v) is 20.8. The Bertz CT molecular complexity index is 1380.